The van der Waals surface area contributed by atoms with Gasteiger partial charge in [0.2, 0.25) is 5.91 Å². The average Bonchev–Trinajstić information content (AvgIpc) is 2.87. The Morgan fingerprint density at radius 3 is 1.42 bits per heavy atom. The van der Waals surface area contributed by atoms with Crippen LogP contribution in [0.4, 0.5) is 11.4 Å². The summed E-state index contributed by atoms with van der Waals surface area (Å²) in [5.41, 5.74) is 4.18. The third-order valence-electron chi connectivity index (χ3n) is 5.65. The summed E-state index contributed by atoms with van der Waals surface area (Å²) in [4.78, 5) is 15.4. The van der Waals surface area contributed by atoms with E-state index in [-0.39, 0.29) is 30.3 Å². The van der Waals surface area contributed by atoms with Crippen LogP contribution in [-0.4, -0.2) is 18.5 Å². The molecular weight excluding hydrogens is 428 g/mol. The van der Waals surface area contributed by atoms with Gasteiger partial charge in [-0.25, -0.2) is 0 Å². The van der Waals surface area contributed by atoms with Crippen LogP contribution in [0.2, 0.25) is 0 Å². The zero-order chi connectivity index (χ0) is 22.2. The Labute approximate surface area is 202 Å². The number of nitrogens with one attached hydrogen (secondary N) is 1. The van der Waals surface area contributed by atoms with Gasteiger partial charge in [-0.3, -0.25) is 9.69 Å². The molecule has 4 aromatic rings. The number of halogens is 1. The number of hydrogen-bond donors (Lipinski definition) is 1. The molecule has 4 heteroatoms. The molecule has 4 rings (SSSR count). The van der Waals surface area contributed by atoms with Crippen molar-refractivity contribution in [2.45, 2.75) is 18.9 Å². The van der Waals surface area contributed by atoms with E-state index in [1.807, 2.05) is 79.7 Å². The molecule has 0 spiro atoms. The van der Waals surface area contributed by atoms with Gasteiger partial charge in [0, 0.05) is 23.8 Å². The number of rotatable bonds is 8. The van der Waals surface area contributed by atoms with Gasteiger partial charge in [0.15, 0.2) is 0 Å². The molecule has 0 radical (unpaired) electrons. The third kappa shape index (κ3) is 6.10. The maximum absolute atomic E-state index is 13.6. The molecule has 33 heavy (non-hydrogen) atoms. The minimum Gasteiger partial charge on any atom is -0.305 e. The van der Waals surface area contributed by atoms with Gasteiger partial charge in [0.1, 0.15) is 0 Å². The van der Waals surface area contributed by atoms with E-state index in [1.165, 1.54) is 11.1 Å². The Morgan fingerprint density at radius 2 is 1.03 bits per heavy atom. The quantitative estimate of drug-likeness (QED) is 0.324. The molecule has 0 bridgehead atoms. The van der Waals surface area contributed by atoms with Gasteiger partial charge in [-0.1, -0.05) is 97.1 Å². The van der Waals surface area contributed by atoms with E-state index in [1.54, 1.807) is 4.90 Å². The lowest BCUT2D eigenvalue weighted by atomic mass is 9.91. The zero-order valence-corrected chi connectivity index (χ0v) is 19.5. The van der Waals surface area contributed by atoms with Crippen molar-refractivity contribution in [1.82, 2.24) is 5.32 Å². The topological polar surface area (TPSA) is 32.3 Å². The van der Waals surface area contributed by atoms with Crippen molar-refractivity contribution in [2.24, 2.45) is 0 Å². The van der Waals surface area contributed by atoms with E-state index in [2.05, 4.69) is 53.8 Å². The first-order chi connectivity index (χ1) is 15.7. The molecule has 1 N–H and O–H groups in total. The molecule has 0 aliphatic heterocycles. The SMILES string of the molecule is CC(NCC(c1ccccc1)c1ccccc1)C(=O)N(c1ccccc1)c1ccccc1.Cl. The Hall–Kier alpha value is -3.40. The van der Waals surface area contributed by atoms with Crippen molar-refractivity contribution in [1.29, 1.82) is 0 Å². The van der Waals surface area contributed by atoms with Crippen LogP contribution in [0.25, 0.3) is 0 Å². The summed E-state index contributed by atoms with van der Waals surface area (Å²) in [6.07, 6.45) is 0. The minimum absolute atomic E-state index is 0. The summed E-state index contributed by atoms with van der Waals surface area (Å²) in [5, 5.41) is 3.51. The monoisotopic (exact) mass is 456 g/mol. The van der Waals surface area contributed by atoms with Crippen molar-refractivity contribution in [3.63, 3.8) is 0 Å². The van der Waals surface area contributed by atoms with Crippen LogP contribution in [0.15, 0.2) is 121 Å². The predicted molar refractivity (Wildman–Crippen MR) is 139 cm³/mol. The second-order valence-corrected chi connectivity index (χ2v) is 7.85. The zero-order valence-electron chi connectivity index (χ0n) is 18.7. The number of carbonyl (C=O) groups is 1. The first-order valence-corrected chi connectivity index (χ1v) is 11.0. The van der Waals surface area contributed by atoms with Crippen LogP contribution < -0.4 is 10.2 Å². The third-order valence-corrected chi connectivity index (χ3v) is 5.65. The first-order valence-electron chi connectivity index (χ1n) is 11.0. The van der Waals surface area contributed by atoms with Crippen LogP contribution in [0.3, 0.4) is 0 Å². The van der Waals surface area contributed by atoms with E-state index in [9.17, 15) is 4.79 Å². The van der Waals surface area contributed by atoms with Crippen LogP contribution in [-0.2, 0) is 4.79 Å². The smallest absolute Gasteiger partial charge is 0.248 e. The van der Waals surface area contributed by atoms with Crippen LogP contribution in [0.5, 0.6) is 0 Å². The number of hydrogen-bond acceptors (Lipinski definition) is 2. The van der Waals surface area contributed by atoms with Gasteiger partial charge in [0.05, 0.1) is 6.04 Å². The molecule has 168 valence electrons. The highest BCUT2D eigenvalue weighted by molar-refractivity contribution is 6.03. The van der Waals surface area contributed by atoms with Crippen LogP contribution in [0.1, 0.15) is 24.0 Å². The fraction of sp³-hybridized carbons (Fsp3) is 0.138. The summed E-state index contributed by atoms with van der Waals surface area (Å²) in [5.74, 6) is 0.178. The van der Waals surface area contributed by atoms with Gasteiger partial charge in [0.25, 0.3) is 0 Å². The van der Waals surface area contributed by atoms with Crippen molar-refractivity contribution in [3.05, 3.63) is 132 Å². The van der Waals surface area contributed by atoms with E-state index >= 15 is 0 Å². The molecular formula is C29H29ClN2O. The van der Waals surface area contributed by atoms with E-state index in [0.717, 1.165) is 11.4 Å². The fourth-order valence-corrected chi connectivity index (χ4v) is 3.93. The highest BCUT2D eigenvalue weighted by Gasteiger charge is 2.24. The summed E-state index contributed by atoms with van der Waals surface area (Å²) in [6.45, 7) is 2.60. The Bertz CT molecular complexity index is 1030. The molecule has 1 atom stereocenters. The molecule has 0 saturated heterocycles. The molecule has 0 aliphatic carbocycles. The molecule has 4 aromatic carbocycles. The molecule has 0 fully saturated rings. The Morgan fingerprint density at radius 1 is 0.667 bits per heavy atom. The fourth-order valence-electron chi connectivity index (χ4n) is 3.93. The van der Waals surface area contributed by atoms with Crippen molar-refractivity contribution in [2.75, 3.05) is 11.4 Å². The number of amides is 1. The normalized spacial score (nSPS) is 11.5. The molecule has 0 saturated carbocycles. The minimum atomic E-state index is -0.356. The van der Waals surface area contributed by atoms with E-state index in [4.69, 9.17) is 0 Å². The van der Waals surface area contributed by atoms with Gasteiger partial charge in [-0.05, 0) is 42.3 Å². The number of anilines is 2. The Kier molecular flexibility index (Phi) is 8.82. The second-order valence-electron chi connectivity index (χ2n) is 7.85. The average molecular weight is 457 g/mol. The van der Waals surface area contributed by atoms with E-state index < -0.39 is 0 Å². The molecule has 3 nitrogen and oxygen atoms in total. The lowest BCUT2D eigenvalue weighted by Crippen LogP contribution is -2.44. The molecule has 0 aliphatic rings. The van der Waals surface area contributed by atoms with Gasteiger partial charge in [-0.2, -0.15) is 0 Å². The molecule has 0 heterocycles. The number of nitrogens with zero attached hydrogens (tertiary/aromatic N) is 1. The Balaban J connectivity index is 0.00000306. The van der Waals surface area contributed by atoms with Crippen molar-refractivity contribution >= 4 is 29.7 Å². The van der Waals surface area contributed by atoms with Crippen LogP contribution in [0, 0.1) is 0 Å². The van der Waals surface area contributed by atoms with E-state index in [0.29, 0.717) is 6.54 Å². The maximum atomic E-state index is 13.6. The van der Waals surface area contributed by atoms with Crippen molar-refractivity contribution < 1.29 is 4.79 Å². The summed E-state index contributed by atoms with van der Waals surface area (Å²) in [7, 11) is 0. The highest BCUT2D eigenvalue weighted by atomic mass is 35.5. The second kappa shape index (κ2) is 12.0. The lowest BCUT2D eigenvalue weighted by molar-refractivity contribution is -0.119. The number of carbonyl (C=O) groups excluding carboxylic acids is 1. The molecule has 0 aromatic heterocycles. The van der Waals surface area contributed by atoms with Crippen molar-refractivity contribution in [3.8, 4) is 0 Å². The van der Waals surface area contributed by atoms with Gasteiger partial charge in [-0.15, -0.1) is 12.4 Å². The standard InChI is InChI=1S/C29H28N2O.ClH/c1-23(29(32)31(26-18-10-4-11-19-26)27-20-12-5-13-21-27)30-22-28(24-14-6-2-7-15-24)25-16-8-3-9-17-25;/h2-21,23,28,30H,22H2,1H3;1H. The number of benzene rings is 4. The summed E-state index contributed by atoms with van der Waals surface area (Å²) < 4.78 is 0. The summed E-state index contributed by atoms with van der Waals surface area (Å²) >= 11 is 0. The lowest BCUT2D eigenvalue weighted by Gasteiger charge is -2.28. The van der Waals surface area contributed by atoms with Gasteiger partial charge >= 0.3 is 0 Å². The maximum Gasteiger partial charge on any atom is 0.248 e. The number of para-hydroxylation sites is 2. The molecule has 1 amide bonds. The largest absolute Gasteiger partial charge is 0.305 e. The molecule has 1 unspecified atom stereocenters. The highest BCUT2D eigenvalue weighted by Crippen LogP contribution is 2.27. The van der Waals surface area contributed by atoms with Gasteiger partial charge < -0.3 is 5.32 Å². The predicted octanol–water partition coefficient (Wildman–Crippen LogP) is 6.58. The summed E-state index contributed by atoms with van der Waals surface area (Å²) in [6, 6.07) is 40.1. The first kappa shape index (κ1) is 24.2. The van der Waals surface area contributed by atoms with Crippen LogP contribution >= 0.6 is 12.4 Å².